The summed E-state index contributed by atoms with van der Waals surface area (Å²) < 4.78 is 41.1. The van der Waals surface area contributed by atoms with E-state index in [1.54, 1.807) is 7.05 Å². The Labute approximate surface area is 255 Å². The molecule has 234 valence electrons. The molecule has 0 bridgehead atoms. The van der Waals surface area contributed by atoms with Crippen LogP contribution in [0.5, 0.6) is 0 Å². The van der Waals surface area contributed by atoms with Crippen LogP contribution in [0.3, 0.4) is 0 Å². The summed E-state index contributed by atoms with van der Waals surface area (Å²) in [5.41, 5.74) is 4.09. The highest BCUT2D eigenvalue weighted by Crippen LogP contribution is 2.36. The molecule has 0 aliphatic heterocycles. The number of tetrazole rings is 1. The highest BCUT2D eigenvalue weighted by Gasteiger charge is 2.32. The molecule has 3 aromatic rings. The third kappa shape index (κ3) is 7.31. The van der Waals surface area contributed by atoms with Crippen LogP contribution < -0.4 is 9.80 Å². The third-order valence-corrected chi connectivity index (χ3v) is 8.90. The Bertz CT molecular complexity index is 1520. The first kappa shape index (κ1) is 31.3. The number of alkyl halides is 3. The number of carboxylic acids is 1. The predicted molar refractivity (Wildman–Crippen MR) is 159 cm³/mol. The molecule has 2 aliphatic carbocycles. The number of carbonyl (C=O) groups is 1. The predicted octanol–water partition coefficient (Wildman–Crippen LogP) is 5.90. The number of carboxylic acid groups (broad SMARTS) is 1. The molecule has 1 N–H and O–H groups in total. The van der Waals surface area contributed by atoms with Crippen LogP contribution in [0.15, 0.2) is 30.3 Å². The van der Waals surface area contributed by atoms with Gasteiger partial charge in [0.1, 0.15) is 0 Å². The summed E-state index contributed by atoms with van der Waals surface area (Å²) in [6.45, 7) is 4.05. The molecule has 1 aromatic heterocycles. The van der Waals surface area contributed by atoms with Crippen molar-refractivity contribution in [1.82, 2.24) is 20.2 Å². The Balaban J connectivity index is 1.49. The average Bonchev–Trinajstić information content (AvgIpc) is 3.45. The van der Waals surface area contributed by atoms with E-state index in [0.717, 1.165) is 75.0 Å². The van der Waals surface area contributed by atoms with Gasteiger partial charge in [-0.05, 0) is 116 Å². The fraction of sp³-hybridized carbons (Fsp3) is 0.531. The summed E-state index contributed by atoms with van der Waals surface area (Å²) in [6, 6.07) is 9.76. The smallest absolute Gasteiger partial charge is 0.416 e. The summed E-state index contributed by atoms with van der Waals surface area (Å²) in [7, 11) is 1.63. The first-order valence-electron chi connectivity index (χ1n) is 15.3. The number of anilines is 2. The fourth-order valence-electron chi connectivity index (χ4n) is 6.58. The lowest BCUT2D eigenvalue weighted by Crippen LogP contribution is -2.34. The zero-order valence-corrected chi connectivity index (χ0v) is 25.1. The van der Waals surface area contributed by atoms with Gasteiger partial charge in [0.25, 0.3) is 5.95 Å². The molecule has 2 aliphatic rings. The standard InChI is InChI=1S/C32H38F3N7O2/c1-3-41(18-21-8-10-24(11-9-21)30(43)44)29-16-26-7-5-4-6-25(26)15-27(29)20-42(31-37-39-40(2)38-31)19-23-12-22(17-36)13-28(14-23)32(33,34)35/h12-16,21,24H,3-11,18-20H2,1-2H3,(H,43,44). The quantitative estimate of drug-likeness (QED) is 0.302. The number of nitrogens with zero attached hydrogens (tertiary/aromatic N) is 7. The van der Waals surface area contributed by atoms with Crippen LogP contribution in [0.1, 0.15) is 78.8 Å². The molecular formula is C32H38F3N7O2. The van der Waals surface area contributed by atoms with E-state index in [1.165, 1.54) is 22.0 Å². The Morgan fingerprint density at radius 1 is 1.05 bits per heavy atom. The lowest BCUT2D eigenvalue weighted by Gasteiger charge is -2.35. The third-order valence-electron chi connectivity index (χ3n) is 8.90. The number of rotatable bonds is 10. The van der Waals surface area contributed by atoms with E-state index in [2.05, 4.69) is 39.4 Å². The zero-order chi connectivity index (χ0) is 31.4. The van der Waals surface area contributed by atoms with Crippen molar-refractivity contribution in [2.45, 2.75) is 77.6 Å². The highest BCUT2D eigenvalue weighted by atomic mass is 19.4. The number of benzene rings is 2. The second kappa shape index (κ2) is 13.2. The summed E-state index contributed by atoms with van der Waals surface area (Å²) in [5.74, 6) is -0.331. The molecule has 0 saturated heterocycles. The number of aromatic nitrogens is 4. The summed E-state index contributed by atoms with van der Waals surface area (Å²) in [5, 5.41) is 31.5. The molecule has 12 heteroatoms. The molecule has 0 atom stereocenters. The first-order chi connectivity index (χ1) is 21.0. The highest BCUT2D eigenvalue weighted by molar-refractivity contribution is 5.70. The lowest BCUT2D eigenvalue weighted by atomic mass is 9.81. The monoisotopic (exact) mass is 609 g/mol. The van der Waals surface area contributed by atoms with E-state index in [-0.39, 0.29) is 24.0 Å². The van der Waals surface area contributed by atoms with Crippen LogP contribution in [0, 0.1) is 23.2 Å². The van der Waals surface area contributed by atoms with Crippen molar-refractivity contribution in [3.8, 4) is 6.07 Å². The van der Waals surface area contributed by atoms with Gasteiger partial charge in [-0.1, -0.05) is 11.2 Å². The molecule has 5 rings (SSSR count). The van der Waals surface area contributed by atoms with Crippen LogP contribution in [0.2, 0.25) is 0 Å². The van der Waals surface area contributed by atoms with Crippen molar-refractivity contribution in [2.75, 3.05) is 22.9 Å². The van der Waals surface area contributed by atoms with Crippen molar-refractivity contribution in [1.29, 1.82) is 5.26 Å². The van der Waals surface area contributed by atoms with Gasteiger partial charge in [-0.25, -0.2) is 0 Å². The minimum Gasteiger partial charge on any atom is -0.481 e. The SMILES string of the molecule is CCN(CC1CCC(C(=O)O)CC1)c1cc2c(cc1CN(Cc1cc(C#N)cc(C(F)(F)F)c1)c1nnn(C)n1)CCCC2. The van der Waals surface area contributed by atoms with Gasteiger partial charge < -0.3 is 14.9 Å². The largest absolute Gasteiger partial charge is 0.481 e. The number of halogens is 3. The maximum atomic E-state index is 13.7. The number of fused-ring (bicyclic) bond motifs is 1. The molecule has 1 fully saturated rings. The second-order valence-corrected chi connectivity index (χ2v) is 12.0. The molecule has 44 heavy (non-hydrogen) atoms. The molecule has 1 heterocycles. The number of aryl methyl sites for hydroxylation is 3. The Kier molecular flexibility index (Phi) is 9.42. The molecule has 0 radical (unpaired) electrons. The van der Waals surface area contributed by atoms with Crippen molar-refractivity contribution in [2.24, 2.45) is 18.9 Å². The molecular weight excluding hydrogens is 571 g/mol. The van der Waals surface area contributed by atoms with Gasteiger partial charge in [0.2, 0.25) is 0 Å². The lowest BCUT2D eigenvalue weighted by molar-refractivity contribution is -0.143. The van der Waals surface area contributed by atoms with Crippen LogP contribution in [0.4, 0.5) is 24.8 Å². The molecule has 0 spiro atoms. The minimum absolute atomic E-state index is 0.0478. The van der Waals surface area contributed by atoms with Gasteiger partial charge in [-0.3, -0.25) is 4.79 Å². The van der Waals surface area contributed by atoms with E-state index in [9.17, 15) is 28.3 Å². The van der Waals surface area contributed by atoms with Crippen molar-refractivity contribution >= 4 is 17.6 Å². The fourth-order valence-corrected chi connectivity index (χ4v) is 6.58. The summed E-state index contributed by atoms with van der Waals surface area (Å²) >= 11 is 0. The van der Waals surface area contributed by atoms with Gasteiger partial charge in [0.15, 0.2) is 0 Å². The van der Waals surface area contributed by atoms with Crippen molar-refractivity contribution in [3.63, 3.8) is 0 Å². The van der Waals surface area contributed by atoms with Crippen LogP contribution in [-0.4, -0.2) is 44.4 Å². The number of hydrogen-bond acceptors (Lipinski definition) is 7. The van der Waals surface area contributed by atoms with Gasteiger partial charge in [0.05, 0.1) is 30.2 Å². The van der Waals surface area contributed by atoms with Crippen LogP contribution in [0.25, 0.3) is 0 Å². The second-order valence-electron chi connectivity index (χ2n) is 12.0. The Hall–Kier alpha value is -4.14. The van der Waals surface area contributed by atoms with Crippen molar-refractivity contribution < 1.29 is 23.1 Å². The van der Waals surface area contributed by atoms with Crippen molar-refractivity contribution in [3.05, 3.63) is 63.7 Å². The minimum atomic E-state index is -4.59. The van der Waals surface area contributed by atoms with Crippen LogP contribution in [-0.2, 0) is 43.9 Å². The van der Waals surface area contributed by atoms with Gasteiger partial charge in [-0.15, -0.1) is 5.10 Å². The normalized spacial score (nSPS) is 18.4. The van der Waals surface area contributed by atoms with E-state index in [1.807, 2.05) is 11.0 Å². The maximum absolute atomic E-state index is 13.7. The number of nitriles is 1. The number of aliphatic carboxylic acids is 1. The van der Waals surface area contributed by atoms with E-state index >= 15 is 0 Å². The van der Waals surface area contributed by atoms with Gasteiger partial charge in [0, 0.05) is 31.9 Å². The average molecular weight is 610 g/mol. The Morgan fingerprint density at radius 3 is 2.34 bits per heavy atom. The molecule has 0 amide bonds. The van der Waals surface area contributed by atoms with Crippen LogP contribution >= 0.6 is 0 Å². The topological polar surface area (TPSA) is 111 Å². The molecule has 9 nitrogen and oxygen atoms in total. The summed E-state index contributed by atoms with van der Waals surface area (Å²) in [4.78, 5) is 17.0. The van der Waals surface area contributed by atoms with Gasteiger partial charge in [-0.2, -0.15) is 23.2 Å². The van der Waals surface area contributed by atoms with E-state index in [4.69, 9.17) is 0 Å². The summed E-state index contributed by atoms with van der Waals surface area (Å²) in [6.07, 6.45) is 2.70. The zero-order valence-electron chi connectivity index (χ0n) is 25.1. The Morgan fingerprint density at radius 2 is 1.75 bits per heavy atom. The first-order valence-corrected chi connectivity index (χ1v) is 15.3. The number of hydrogen-bond donors (Lipinski definition) is 1. The molecule has 1 saturated carbocycles. The molecule has 2 aromatic carbocycles. The maximum Gasteiger partial charge on any atom is 0.416 e. The van der Waals surface area contributed by atoms with Gasteiger partial charge >= 0.3 is 12.1 Å². The van der Waals surface area contributed by atoms with E-state index < -0.39 is 17.7 Å². The molecule has 0 unspecified atom stereocenters. The van der Waals surface area contributed by atoms with E-state index in [0.29, 0.717) is 30.9 Å².